The Bertz CT molecular complexity index is 1220. The van der Waals surface area contributed by atoms with E-state index in [2.05, 4.69) is 25.5 Å². The molecule has 3 aromatic rings. The molecule has 0 saturated carbocycles. The van der Waals surface area contributed by atoms with Crippen LogP contribution in [0.2, 0.25) is 0 Å². The maximum Gasteiger partial charge on any atom is 0.416 e. The Morgan fingerprint density at radius 1 is 1.14 bits per heavy atom. The van der Waals surface area contributed by atoms with Crippen molar-refractivity contribution in [2.24, 2.45) is 0 Å². The summed E-state index contributed by atoms with van der Waals surface area (Å²) in [5, 5.41) is 5.75. The highest BCUT2D eigenvalue weighted by molar-refractivity contribution is 6.07. The number of pyridine rings is 2. The Kier molecular flexibility index (Phi) is 7.73. The normalized spacial score (nSPS) is 16.1. The number of hydrogen-bond acceptors (Lipinski definition) is 6. The smallest absolute Gasteiger partial charge is 0.416 e. The Labute approximate surface area is 207 Å². The van der Waals surface area contributed by atoms with Gasteiger partial charge in [-0.2, -0.15) is 13.2 Å². The molecule has 2 aromatic heterocycles. The maximum atomic E-state index is 13.6. The number of likely N-dealkylation sites (N-methyl/N-ethyl adjacent to an activating group) is 1. The first-order valence-corrected chi connectivity index (χ1v) is 11.6. The summed E-state index contributed by atoms with van der Waals surface area (Å²) in [4.78, 5) is 23.6. The van der Waals surface area contributed by atoms with Crippen molar-refractivity contribution in [1.29, 1.82) is 0 Å². The Hall–Kier alpha value is -3.66. The number of alkyl halides is 3. The van der Waals surface area contributed by atoms with Crippen LogP contribution in [0.3, 0.4) is 0 Å². The SMILES string of the molecule is COc1cc(CNc2ncccc2C(=O)Nc2cc(C[C@H]3CCCN3C)cc(C(F)(F)F)c2)ccn1. The van der Waals surface area contributed by atoms with Gasteiger partial charge in [-0.3, -0.25) is 4.79 Å². The molecule has 7 nitrogen and oxygen atoms in total. The quantitative estimate of drug-likeness (QED) is 0.454. The molecule has 10 heteroatoms. The molecule has 4 rings (SSSR count). The molecule has 1 atom stereocenters. The molecular formula is C26H28F3N5O2. The van der Waals surface area contributed by atoms with Gasteiger partial charge >= 0.3 is 6.18 Å². The van der Waals surface area contributed by atoms with E-state index in [-0.39, 0.29) is 17.3 Å². The molecule has 1 aromatic carbocycles. The minimum Gasteiger partial charge on any atom is -0.481 e. The minimum atomic E-state index is -4.52. The van der Waals surface area contributed by atoms with Gasteiger partial charge in [0.15, 0.2) is 0 Å². The molecule has 1 amide bonds. The molecule has 0 bridgehead atoms. The summed E-state index contributed by atoms with van der Waals surface area (Å²) in [6.07, 6.45) is 1.06. The first-order valence-electron chi connectivity index (χ1n) is 11.6. The van der Waals surface area contributed by atoms with Crippen LogP contribution >= 0.6 is 0 Å². The number of halogens is 3. The predicted molar refractivity (Wildman–Crippen MR) is 131 cm³/mol. The van der Waals surface area contributed by atoms with E-state index < -0.39 is 17.6 Å². The second kappa shape index (κ2) is 10.9. The van der Waals surface area contributed by atoms with Crippen molar-refractivity contribution in [3.8, 4) is 5.88 Å². The monoisotopic (exact) mass is 499 g/mol. The number of rotatable bonds is 8. The van der Waals surface area contributed by atoms with Gasteiger partial charge in [-0.15, -0.1) is 0 Å². The topological polar surface area (TPSA) is 79.4 Å². The molecule has 2 N–H and O–H groups in total. The molecule has 0 spiro atoms. The fourth-order valence-electron chi connectivity index (χ4n) is 4.34. The van der Waals surface area contributed by atoms with Crippen molar-refractivity contribution >= 4 is 17.4 Å². The number of carbonyl (C=O) groups is 1. The zero-order valence-corrected chi connectivity index (χ0v) is 20.1. The van der Waals surface area contributed by atoms with Crippen LogP contribution in [-0.4, -0.2) is 47.5 Å². The highest BCUT2D eigenvalue weighted by atomic mass is 19.4. The average Bonchev–Trinajstić information content (AvgIpc) is 3.26. The molecule has 1 aliphatic heterocycles. The number of hydrogen-bond donors (Lipinski definition) is 2. The number of nitrogens with one attached hydrogen (secondary N) is 2. The van der Waals surface area contributed by atoms with Crippen molar-refractivity contribution in [3.05, 3.63) is 77.1 Å². The summed E-state index contributed by atoms with van der Waals surface area (Å²) in [5.74, 6) is 0.212. The van der Waals surface area contributed by atoms with Crippen LogP contribution in [0.25, 0.3) is 0 Å². The van der Waals surface area contributed by atoms with E-state index in [1.54, 1.807) is 36.5 Å². The van der Waals surface area contributed by atoms with Crippen molar-refractivity contribution < 1.29 is 22.7 Å². The van der Waals surface area contributed by atoms with Gasteiger partial charge in [0.1, 0.15) is 5.82 Å². The fourth-order valence-corrected chi connectivity index (χ4v) is 4.34. The number of likely N-dealkylation sites (tertiary alicyclic amines) is 1. The molecule has 1 saturated heterocycles. The van der Waals surface area contributed by atoms with Gasteiger partial charge in [0.25, 0.3) is 5.91 Å². The highest BCUT2D eigenvalue weighted by Gasteiger charge is 2.32. The Morgan fingerprint density at radius 3 is 2.69 bits per heavy atom. The lowest BCUT2D eigenvalue weighted by atomic mass is 10.0. The lowest BCUT2D eigenvalue weighted by Crippen LogP contribution is -2.27. The van der Waals surface area contributed by atoms with E-state index in [0.29, 0.717) is 30.2 Å². The predicted octanol–water partition coefficient (Wildman–Crippen LogP) is 5.01. The van der Waals surface area contributed by atoms with Crippen LogP contribution in [-0.2, 0) is 19.1 Å². The number of carbonyl (C=O) groups excluding carboxylic acids is 1. The second-order valence-electron chi connectivity index (χ2n) is 8.81. The second-order valence-corrected chi connectivity index (χ2v) is 8.81. The highest BCUT2D eigenvalue weighted by Crippen LogP contribution is 2.33. The number of amides is 1. The van der Waals surface area contributed by atoms with E-state index in [4.69, 9.17) is 4.74 Å². The van der Waals surface area contributed by atoms with Crippen LogP contribution < -0.4 is 15.4 Å². The fraction of sp³-hybridized carbons (Fsp3) is 0.346. The molecule has 3 heterocycles. The summed E-state index contributed by atoms with van der Waals surface area (Å²) < 4.78 is 46.0. The maximum absolute atomic E-state index is 13.6. The van der Waals surface area contributed by atoms with Crippen LogP contribution in [0.4, 0.5) is 24.7 Å². The van der Waals surface area contributed by atoms with E-state index in [1.165, 1.54) is 19.4 Å². The molecular weight excluding hydrogens is 471 g/mol. The number of ether oxygens (including phenoxy) is 1. The summed E-state index contributed by atoms with van der Waals surface area (Å²) in [7, 11) is 3.50. The third-order valence-corrected chi connectivity index (χ3v) is 6.24. The van der Waals surface area contributed by atoms with Crippen LogP contribution in [0, 0.1) is 0 Å². The molecule has 0 aliphatic carbocycles. The van der Waals surface area contributed by atoms with Crippen molar-refractivity contribution in [3.63, 3.8) is 0 Å². The lowest BCUT2D eigenvalue weighted by Gasteiger charge is -2.21. The first kappa shape index (κ1) is 25.4. The zero-order valence-electron chi connectivity index (χ0n) is 20.1. The number of anilines is 2. The van der Waals surface area contributed by atoms with E-state index in [1.807, 2.05) is 7.05 Å². The largest absolute Gasteiger partial charge is 0.481 e. The van der Waals surface area contributed by atoms with Gasteiger partial charge in [-0.25, -0.2) is 9.97 Å². The van der Waals surface area contributed by atoms with Gasteiger partial charge in [-0.1, -0.05) is 0 Å². The van der Waals surface area contributed by atoms with Crippen molar-refractivity contribution in [1.82, 2.24) is 14.9 Å². The van der Waals surface area contributed by atoms with Crippen LogP contribution in [0.1, 0.15) is 39.9 Å². The zero-order chi connectivity index (χ0) is 25.7. The minimum absolute atomic E-state index is 0.0964. The third-order valence-electron chi connectivity index (χ3n) is 6.24. The number of methoxy groups -OCH3 is 1. The van der Waals surface area contributed by atoms with Crippen LogP contribution in [0.5, 0.6) is 5.88 Å². The van der Waals surface area contributed by atoms with Gasteiger partial charge < -0.3 is 20.3 Å². The number of aromatic nitrogens is 2. The van der Waals surface area contributed by atoms with Gasteiger partial charge in [0.05, 0.1) is 18.2 Å². The van der Waals surface area contributed by atoms with Crippen molar-refractivity contribution in [2.45, 2.75) is 38.0 Å². The molecule has 1 fully saturated rings. The third kappa shape index (κ3) is 6.31. The van der Waals surface area contributed by atoms with E-state index in [9.17, 15) is 18.0 Å². The lowest BCUT2D eigenvalue weighted by molar-refractivity contribution is -0.137. The van der Waals surface area contributed by atoms with E-state index >= 15 is 0 Å². The first-order chi connectivity index (χ1) is 17.2. The standard InChI is InChI=1S/C26H28F3N5O2/c1-34-10-4-5-21(34)13-18-11-19(26(27,28)29)15-20(12-18)33-25(35)22-6-3-8-31-24(22)32-16-17-7-9-30-23(14-17)36-2/h3,6-9,11-12,14-15,21H,4-5,10,13,16H2,1-2H3,(H,31,32)(H,33,35)/t21-/m1/s1. The van der Waals surface area contributed by atoms with Crippen LogP contribution in [0.15, 0.2) is 54.9 Å². The van der Waals surface area contributed by atoms with Gasteiger partial charge in [0, 0.05) is 36.7 Å². The molecule has 0 unspecified atom stereocenters. The number of benzene rings is 1. The molecule has 190 valence electrons. The summed E-state index contributed by atoms with van der Waals surface area (Å²) in [6, 6.07) is 10.6. The Morgan fingerprint density at radius 2 is 1.97 bits per heavy atom. The molecule has 0 radical (unpaired) electrons. The molecule has 1 aliphatic rings. The van der Waals surface area contributed by atoms with Gasteiger partial charge in [-0.05, 0) is 80.4 Å². The van der Waals surface area contributed by atoms with Crippen molar-refractivity contribution in [2.75, 3.05) is 31.3 Å². The van der Waals surface area contributed by atoms with E-state index in [0.717, 1.165) is 31.0 Å². The summed E-state index contributed by atoms with van der Waals surface area (Å²) in [5.41, 5.74) is 0.924. The average molecular weight is 500 g/mol. The molecule has 36 heavy (non-hydrogen) atoms. The van der Waals surface area contributed by atoms with Gasteiger partial charge in [0.2, 0.25) is 5.88 Å². The summed E-state index contributed by atoms with van der Waals surface area (Å²) >= 11 is 0. The summed E-state index contributed by atoms with van der Waals surface area (Å²) in [6.45, 7) is 1.27. The number of nitrogens with zero attached hydrogens (tertiary/aromatic N) is 3. The Balaban J connectivity index is 1.53.